The van der Waals surface area contributed by atoms with Crippen molar-refractivity contribution in [3.05, 3.63) is 35.9 Å². The van der Waals surface area contributed by atoms with Crippen LogP contribution in [0, 0.1) is 5.92 Å². The van der Waals surface area contributed by atoms with Gasteiger partial charge in [0.2, 0.25) is 0 Å². The van der Waals surface area contributed by atoms with Crippen LogP contribution in [0.5, 0.6) is 0 Å². The lowest BCUT2D eigenvalue weighted by atomic mass is 9.99. The molecule has 1 aromatic carbocycles. The molecule has 4 heteroatoms. The van der Waals surface area contributed by atoms with Crippen molar-refractivity contribution in [2.45, 2.75) is 65.2 Å². The van der Waals surface area contributed by atoms with Crippen LogP contribution < -0.4 is 0 Å². The summed E-state index contributed by atoms with van der Waals surface area (Å²) in [5.74, 6) is -1.73. The number of carbonyl (C=O) groups excluding carboxylic acids is 2. The first-order valence-corrected chi connectivity index (χ1v) is 9.56. The predicted molar refractivity (Wildman–Crippen MR) is 99.2 cm³/mol. The van der Waals surface area contributed by atoms with Gasteiger partial charge < -0.3 is 9.47 Å². The number of ether oxygens (including phenoxy) is 2. The summed E-state index contributed by atoms with van der Waals surface area (Å²) in [6.07, 6.45) is 6.90. The van der Waals surface area contributed by atoms with Gasteiger partial charge in [0.1, 0.15) is 0 Å². The van der Waals surface area contributed by atoms with E-state index in [1.807, 2.05) is 30.3 Å². The van der Waals surface area contributed by atoms with Crippen LogP contribution in [-0.2, 0) is 25.5 Å². The second-order valence-corrected chi connectivity index (χ2v) is 6.33. The molecule has 0 bridgehead atoms. The van der Waals surface area contributed by atoms with E-state index in [1.165, 1.54) is 0 Å². The first-order chi connectivity index (χ1) is 12.2. The lowest BCUT2D eigenvalue weighted by Gasteiger charge is -2.15. The molecule has 0 heterocycles. The van der Waals surface area contributed by atoms with Crippen molar-refractivity contribution in [1.29, 1.82) is 0 Å². The Kier molecular flexibility index (Phi) is 11.4. The van der Waals surface area contributed by atoms with Gasteiger partial charge in [0.15, 0.2) is 5.92 Å². The van der Waals surface area contributed by atoms with Gasteiger partial charge in [-0.2, -0.15) is 0 Å². The maximum Gasteiger partial charge on any atom is 0.320 e. The molecule has 0 saturated heterocycles. The van der Waals surface area contributed by atoms with Crippen LogP contribution >= 0.6 is 0 Å². The fraction of sp³-hybridized carbons (Fsp3) is 0.619. The van der Waals surface area contributed by atoms with E-state index in [9.17, 15) is 9.59 Å². The molecule has 140 valence electrons. The highest BCUT2D eigenvalue weighted by Crippen LogP contribution is 2.15. The number of esters is 2. The molecule has 0 aromatic heterocycles. The Balaban J connectivity index is 2.55. The highest BCUT2D eigenvalue weighted by Gasteiger charge is 2.29. The Morgan fingerprint density at radius 1 is 0.840 bits per heavy atom. The summed E-state index contributed by atoms with van der Waals surface area (Å²) < 4.78 is 10.6. The minimum Gasteiger partial charge on any atom is -0.465 e. The van der Waals surface area contributed by atoms with Crippen molar-refractivity contribution < 1.29 is 19.1 Å². The van der Waals surface area contributed by atoms with Crippen LogP contribution in [0.25, 0.3) is 0 Å². The van der Waals surface area contributed by atoms with Crippen LogP contribution in [0.3, 0.4) is 0 Å². The second kappa shape index (κ2) is 13.5. The average molecular weight is 348 g/mol. The Hall–Kier alpha value is -1.84. The molecule has 25 heavy (non-hydrogen) atoms. The molecule has 1 rings (SSSR count). The summed E-state index contributed by atoms with van der Waals surface area (Å²) in [7, 11) is 0. The van der Waals surface area contributed by atoms with E-state index in [2.05, 4.69) is 13.8 Å². The number of rotatable bonds is 13. The second-order valence-electron chi connectivity index (χ2n) is 6.33. The number of aryl methyl sites for hydroxylation is 1. The zero-order chi connectivity index (χ0) is 18.3. The van der Waals surface area contributed by atoms with E-state index in [0.29, 0.717) is 26.1 Å². The van der Waals surface area contributed by atoms with E-state index in [1.54, 1.807) is 0 Å². The van der Waals surface area contributed by atoms with Crippen LogP contribution in [0.4, 0.5) is 0 Å². The standard InChI is InChI=1S/C21H32O4/c1-3-5-10-16-24-20(22)19(21(23)25-17-11-6-4-2)15-14-18-12-8-7-9-13-18/h7-9,12-13,19H,3-6,10-11,14-17H2,1-2H3. The van der Waals surface area contributed by atoms with Gasteiger partial charge in [-0.15, -0.1) is 0 Å². The van der Waals surface area contributed by atoms with Gasteiger partial charge in [-0.3, -0.25) is 9.59 Å². The Morgan fingerprint density at radius 3 is 1.84 bits per heavy atom. The van der Waals surface area contributed by atoms with Gasteiger partial charge in [0.05, 0.1) is 13.2 Å². The first-order valence-electron chi connectivity index (χ1n) is 9.56. The molecule has 0 radical (unpaired) electrons. The summed E-state index contributed by atoms with van der Waals surface area (Å²) in [4.78, 5) is 24.7. The van der Waals surface area contributed by atoms with Crippen molar-refractivity contribution in [3.63, 3.8) is 0 Å². The minimum absolute atomic E-state index is 0.373. The molecule has 1 aromatic rings. The summed E-state index contributed by atoms with van der Waals surface area (Å²) in [5.41, 5.74) is 1.10. The highest BCUT2D eigenvalue weighted by molar-refractivity contribution is 5.94. The number of hydrogen-bond donors (Lipinski definition) is 0. The summed E-state index contributed by atoms with van der Waals surface area (Å²) >= 11 is 0. The molecule has 0 saturated carbocycles. The Morgan fingerprint density at radius 2 is 1.36 bits per heavy atom. The molecular weight excluding hydrogens is 316 g/mol. The number of carbonyl (C=O) groups is 2. The van der Waals surface area contributed by atoms with E-state index >= 15 is 0 Å². The predicted octanol–water partition coefficient (Wildman–Crippen LogP) is 4.70. The molecule has 0 aliphatic carbocycles. The topological polar surface area (TPSA) is 52.6 Å². The van der Waals surface area contributed by atoms with Crippen LogP contribution in [-0.4, -0.2) is 25.2 Å². The van der Waals surface area contributed by atoms with Gasteiger partial charge in [-0.25, -0.2) is 0 Å². The first kappa shape index (κ1) is 21.2. The van der Waals surface area contributed by atoms with Crippen molar-refractivity contribution in [1.82, 2.24) is 0 Å². The minimum atomic E-state index is -0.830. The van der Waals surface area contributed by atoms with Crippen molar-refractivity contribution in [2.24, 2.45) is 5.92 Å². The van der Waals surface area contributed by atoms with Crippen molar-refractivity contribution in [3.8, 4) is 0 Å². The maximum atomic E-state index is 12.3. The monoisotopic (exact) mass is 348 g/mol. The smallest absolute Gasteiger partial charge is 0.320 e. The number of benzene rings is 1. The Bertz CT molecular complexity index is 460. The molecule has 0 amide bonds. The van der Waals surface area contributed by atoms with Gasteiger partial charge in [-0.05, 0) is 31.2 Å². The van der Waals surface area contributed by atoms with E-state index in [0.717, 1.165) is 44.1 Å². The van der Waals surface area contributed by atoms with Gasteiger partial charge in [0, 0.05) is 0 Å². The highest BCUT2D eigenvalue weighted by atomic mass is 16.6. The molecule has 0 aliphatic rings. The number of hydrogen-bond acceptors (Lipinski definition) is 4. The van der Waals surface area contributed by atoms with Crippen molar-refractivity contribution >= 4 is 11.9 Å². The molecule has 0 N–H and O–H groups in total. The SMILES string of the molecule is CCCCCOC(=O)C(CCc1ccccc1)C(=O)OCCCCC. The van der Waals surface area contributed by atoms with Crippen LogP contribution in [0.2, 0.25) is 0 Å². The van der Waals surface area contributed by atoms with Gasteiger partial charge in [0.25, 0.3) is 0 Å². The van der Waals surface area contributed by atoms with E-state index in [4.69, 9.17) is 9.47 Å². The van der Waals surface area contributed by atoms with Crippen LogP contribution in [0.15, 0.2) is 30.3 Å². The molecule has 0 unspecified atom stereocenters. The Labute approximate surface area is 151 Å². The molecule has 0 atom stereocenters. The molecule has 4 nitrogen and oxygen atoms in total. The lowest BCUT2D eigenvalue weighted by Crippen LogP contribution is -2.29. The molecule has 0 fully saturated rings. The van der Waals surface area contributed by atoms with Gasteiger partial charge >= 0.3 is 11.9 Å². The zero-order valence-electron chi connectivity index (χ0n) is 15.7. The summed E-state index contributed by atoms with van der Waals surface area (Å²) in [6, 6.07) is 9.85. The fourth-order valence-corrected chi connectivity index (χ4v) is 2.54. The molecular formula is C21H32O4. The van der Waals surface area contributed by atoms with E-state index in [-0.39, 0.29) is 0 Å². The molecule has 0 aliphatic heterocycles. The fourth-order valence-electron chi connectivity index (χ4n) is 2.54. The van der Waals surface area contributed by atoms with Crippen molar-refractivity contribution in [2.75, 3.05) is 13.2 Å². The molecule has 0 spiro atoms. The van der Waals surface area contributed by atoms with E-state index < -0.39 is 17.9 Å². The third-order valence-corrected chi connectivity index (χ3v) is 4.12. The lowest BCUT2D eigenvalue weighted by molar-refractivity contribution is -0.162. The normalized spacial score (nSPS) is 10.7. The summed E-state index contributed by atoms with van der Waals surface area (Å²) in [6.45, 7) is 4.94. The summed E-state index contributed by atoms with van der Waals surface area (Å²) in [5, 5.41) is 0. The van der Waals surface area contributed by atoms with Gasteiger partial charge in [-0.1, -0.05) is 69.9 Å². The maximum absolute atomic E-state index is 12.3. The zero-order valence-corrected chi connectivity index (χ0v) is 15.7. The average Bonchev–Trinajstić information content (AvgIpc) is 2.63. The largest absolute Gasteiger partial charge is 0.465 e. The third kappa shape index (κ3) is 9.28. The quantitative estimate of drug-likeness (QED) is 0.294. The number of unbranched alkanes of at least 4 members (excludes halogenated alkanes) is 4. The van der Waals surface area contributed by atoms with Crippen LogP contribution in [0.1, 0.15) is 64.4 Å². The third-order valence-electron chi connectivity index (χ3n) is 4.12.